The number of carbonyl (C=O) groups excluding carboxylic acids is 1. The van der Waals surface area contributed by atoms with Gasteiger partial charge >= 0.3 is 5.97 Å². The summed E-state index contributed by atoms with van der Waals surface area (Å²) in [7, 11) is 1.81. The number of esters is 1. The number of thioether (sulfide) groups is 1. The molecule has 0 aromatic heterocycles. The molecule has 0 saturated heterocycles. The number of benzene rings is 1. The first kappa shape index (κ1) is 17.1. The molecule has 0 spiro atoms. The van der Waals surface area contributed by atoms with Crippen LogP contribution in [0.25, 0.3) is 0 Å². The van der Waals surface area contributed by atoms with E-state index in [9.17, 15) is 4.79 Å². The fourth-order valence-corrected chi connectivity index (χ4v) is 3.14. The fraction of sp³-hybridized carbons (Fsp3) is 0.562. The van der Waals surface area contributed by atoms with E-state index in [0.29, 0.717) is 11.9 Å². The van der Waals surface area contributed by atoms with Crippen LogP contribution >= 0.6 is 11.8 Å². The largest absolute Gasteiger partial charge is 0.465 e. The average molecular weight is 295 g/mol. The van der Waals surface area contributed by atoms with Crippen LogP contribution in [0, 0.1) is 0 Å². The van der Waals surface area contributed by atoms with E-state index in [1.807, 2.05) is 38.7 Å². The minimum atomic E-state index is -0.612. The van der Waals surface area contributed by atoms with Crippen molar-refractivity contribution in [1.82, 2.24) is 5.32 Å². The van der Waals surface area contributed by atoms with Crippen molar-refractivity contribution in [2.75, 3.05) is 13.7 Å². The molecule has 0 fully saturated rings. The van der Waals surface area contributed by atoms with E-state index >= 15 is 0 Å². The third-order valence-electron chi connectivity index (χ3n) is 3.35. The third kappa shape index (κ3) is 5.17. The number of rotatable bonds is 8. The van der Waals surface area contributed by atoms with Crippen molar-refractivity contribution >= 4 is 17.7 Å². The predicted molar refractivity (Wildman–Crippen MR) is 85.9 cm³/mol. The van der Waals surface area contributed by atoms with Crippen molar-refractivity contribution in [2.24, 2.45) is 0 Å². The van der Waals surface area contributed by atoms with E-state index in [-0.39, 0.29) is 5.97 Å². The van der Waals surface area contributed by atoms with Crippen LogP contribution in [0.5, 0.6) is 0 Å². The molecule has 1 N–H and O–H groups in total. The summed E-state index contributed by atoms with van der Waals surface area (Å²) in [6.45, 7) is 6.32. The monoisotopic (exact) mass is 295 g/mol. The Morgan fingerprint density at radius 3 is 2.60 bits per heavy atom. The molecule has 0 aliphatic rings. The van der Waals surface area contributed by atoms with Gasteiger partial charge in [-0.1, -0.05) is 37.3 Å². The zero-order valence-corrected chi connectivity index (χ0v) is 13.6. The minimum Gasteiger partial charge on any atom is -0.465 e. The van der Waals surface area contributed by atoms with E-state index < -0.39 is 5.54 Å². The maximum absolute atomic E-state index is 12.0. The summed E-state index contributed by atoms with van der Waals surface area (Å²) >= 11 is 1.86. The van der Waals surface area contributed by atoms with Crippen LogP contribution in [0.3, 0.4) is 0 Å². The van der Waals surface area contributed by atoms with Crippen molar-refractivity contribution in [1.29, 1.82) is 0 Å². The van der Waals surface area contributed by atoms with Gasteiger partial charge < -0.3 is 10.1 Å². The first-order valence-corrected chi connectivity index (χ1v) is 8.08. The molecule has 112 valence electrons. The van der Waals surface area contributed by atoms with Gasteiger partial charge in [0, 0.05) is 11.0 Å². The second-order valence-corrected chi connectivity index (χ2v) is 6.54. The summed E-state index contributed by atoms with van der Waals surface area (Å²) in [5.74, 6) is 0.791. The average Bonchev–Trinajstić information content (AvgIpc) is 2.46. The lowest BCUT2D eigenvalue weighted by molar-refractivity contribution is -0.150. The molecular formula is C16H25NO2S. The van der Waals surface area contributed by atoms with E-state index in [1.54, 1.807) is 0 Å². The van der Waals surface area contributed by atoms with Crippen LogP contribution in [0.2, 0.25) is 0 Å². The molecule has 1 aromatic carbocycles. The first-order valence-electron chi connectivity index (χ1n) is 7.03. The standard InChI is InChI=1S/C16H25NO2S/c1-5-19-15(18)16(3,17-4)11-13(2)20-12-14-9-7-6-8-10-14/h6-10,13,17H,5,11-12H2,1-4H3. The van der Waals surface area contributed by atoms with Crippen LogP contribution in [0.1, 0.15) is 32.8 Å². The summed E-state index contributed by atoms with van der Waals surface area (Å²) in [5.41, 5.74) is 0.700. The Kier molecular flexibility index (Phi) is 7.10. The van der Waals surface area contributed by atoms with Gasteiger partial charge in [0.1, 0.15) is 5.54 Å². The maximum Gasteiger partial charge on any atom is 0.326 e. The van der Waals surface area contributed by atoms with Crippen LogP contribution in [-0.4, -0.2) is 30.4 Å². The molecule has 1 rings (SSSR count). The predicted octanol–water partition coefficient (Wildman–Crippen LogP) is 3.24. The molecule has 1 aromatic rings. The summed E-state index contributed by atoms with van der Waals surface area (Å²) in [6, 6.07) is 10.4. The molecule has 2 atom stereocenters. The Balaban J connectivity index is 2.50. The number of likely N-dealkylation sites (N-methyl/N-ethyl adjacent to an activating group) is 1. The van der Waals surface area contributed by atoms with Crippen molar-refractivity contribution in [3.63, 3.8) is 0 Å². The van der Waals surface area contributed by atoms with E-state index in [0.717, 1.165) is 12.2 Å². The molecular weight excluding hydrogens is 270 g/mol. The fourth-order valence-electron chi connectivity index (χ4n) is 2.02. The Labute approximate surface area is 126 Å². The number of hydrogen-bond donors (Lipinski definition) is 1. The number of nitrogens with one attached hydrogen (secondary N) is 1. The molecule has 0 heterocycles. The highest BCUT2D eigenvalue weighted by Crippen LogP contribution is 2.25. The normalized spacial score (nSPS) is 15.4. The molecule has 0 saturated carbocycles. The van der Waals surface area contributed by atoms with Crippen molar-refractivity contribution < 1.29 is 9.53 Å². The highest BCUT2D eigenvalue weighted by Gasteiger charge is 2.34. The zero-order chi connectivity index (χ0) is 15.0. The number of ether oxygens (including phenoxy) is 1. The lowest BCUT2D eigenvalue weighted by atomic mass is 9.96. The summed E-state index contributed by atoms with van der Waals surface area (Å²) < 4.78 is 5.15. The minimum absolute atomic E-state index is 0.172. The van der Waals surface area contributed by atoms with Gasteiger partial charge in [-0.3, -0.25) is 4.79 Å². The molecule has 0 aliphatic carbocycles. The van der Waals surface area contributed by atoms with Crippen molar-refractivity contribution in [3.05, 3.63) is 35.9 Å². The topological polar surface area (TPSA) is 38.3 Å². The third-order valence-corrected chi connectivity index (χ3v) is 4.59. The van der Waals surface area contributed by atoms with Crippen LogP contribution in [0.4, 0.5) is 0 Å². The first-order chi connectivity index (χ1) is 9.51. The van der Waals surface area contributed by atoms with Crippen LogP contribution in [-0.2, 0) is 15.3 Å². The number of hydrogen-bond acceptors (Lipinski definition) is 4. The van der Waals surface area contributed by atoms with Crippen molar-refractivity contribution in [2.45, 2.75) is 43.7 Å². The van der Waals surface area contributed by atoms with Crippen LogP contribution in [0.15, 0.2) is 30.3 Å². The highest BCUT2D eigenvalue weighted by molar-refractivity contribution is 7.99. The molecule has 20 heavy (non-hydrogen) atoms. The second kappa shape index (κ2) is 8.32. The zero-order valence-electron chi connectivity index (χ0n) is 12.8. The van der Waals surface area contributed by atoms with Gasteiger partial charge in [-0.05, 0) is 32.9 Å². The summed E-state index contributed by atoms with van der Waals surface area (Å²) in [4.78, 5) is 12.0. The van der Waals surface area contributed by atoms with Crippen molar-refractivity contribution in [3.8, 4) is 0 Å². The SMILES string of the molecule is CCOC(=O)C(C)(CC(C)SCc1ccccc1)NC. The van der Waals surface area contributed by atoms with E-state index in [4.69, 9.17) is 4.74 Å². The van der Waals surface area contributed by atoms with E-state index in [2.05, 4.69) is 36.5 Å². The van der Waals surface area contributed by atoms with Crippen LogP contribution < -0.4 is 5.32 Å². The van der Waals surface area contributed by atoms with Gasteiger partial charge in [-0.2, -0.15) is 11.8 Å². The van der Waals surface area contributed by atoms with E-state index in [1.165, 1.54) is 5.56 Å². The second-order valence-electron chi connectivity index (χ2n) is 5.11. The van der Waals surface area contributed by atoms with Gasteiger partial charge in [0.25, 0.3) is 0 Å². The molecule has 2 unspecified atom stereocenters. The molecule has 0 radical (unpaired) electrons. The molecule has 0 amide bonds. The maximum atomic E-state index is 12.0. The van der Waals surface area contributed by atoms with Gasteiger partial charge in [-0.15, -0.1) is 0 Å². The van der Waals surface area contributed by atoms with Gasteiger partial charge in [-0.25, -0.2) is 0 Å². The molecule has 4 heteroatoms. The lowest BCUT2D eigenvalue weighted by Crippen LogP contribution is -2.50. The quantitative estimate of drug-likeness (QED) is 0.747. The molecule has 0 bridgehead atoms. The Morgan fingerprint density at radius 2 is 2.05 bits per heavy atom. The smallest absolute Gasteiger partial charge is 0.326 e. The van der Waals surface area contributed by atoms with Gasteiger partial charge in [0.05, 0.1) is 6.61 Å². The van der Waals surface area contributed by atoms with Gasteiger partial charge in [0.2, 0.25) is 0 Å². The molecule has 3 nitrogen and oxygen atoms in total. The Hall–Kier alpha value is -1.00. The Bertz CT molecular complexity index is 410. The summed E-state index contributed by atoms with van der Waals surface area (Å²) in [6.07, 6.45) is 0.750. The van der Waals surface area contributed by atoms with Gasteiger partial charge in [0.15, 0.2) is 0 Å². The molecule has 0 aliphatic heterocycles. The lowest BCUT2D eigenvalue weighted by Gasteiger charge is -2.29. The highest BCUT2D eigenvalue weighted by atomic mass is 32.2. The number of carbonyl (C=O) groups is 1. The Morgan fingerprint density at radius 1 is 1.40 bits per heavy atom. The summed E-state index contributed by atoms with van der Waals surface area (Å²) in [5, 5.41) is 3.48.